The highest BCUT2D eigenvalue weighted by molar-refractivity contribution is 5.66. The van der Waals surface area contributed by atoms with E-state index in [9.17, 15) is 25.3 Å². The van der Waals surface area contributed by atoms with Gasteiger partial charge in [-0.15, -0.1) is 0 Å². The second-order valence-corrected chi connectivity index (χ2v) is 6.71. The van der Waals surface area contributed by atoms with E-state index in [-0.39, 0.29) is 11.4 Å². The number of nitrogens with zero attached hydrogens (tertiary/aromatic N) is 3. The normalized spacial score (nSPS) is 16.3. The number of non-ortho nitro benzene ring substituents is 1. The van der Waals surface area contributed by atoms with Crippen molar-refractivity contribution in [2.24, 2.45) is 0 Å². The van der Waals surface area contributed by atoms with Gasteiger partial charge in [-0.25, -0.2) is 0 Å². The van der Waals surface area contributed by atoms with Crippen LogP contribution >= 0.6 is 0 Å². The van der Waals surface area contributed by atoms with Crippen LogP contribution in [0, 0.1) is 20.2 Å². The second-order valence-electron chi connectivity index (χ2n) is 6.71. The van der Waals surface area contributed by atoms with E-state index in [1.54, 1.807) is 0 Å². The Labute approximate surface area is 157 Å². The van der Waals surface area contributed by atoms with E-state index in [0.29, 0.717) is 38.5 Å². The van der Waals surface area contributed by atoms with Gasteiger partial charge in [-0.3, -0.25) is 20.2 Å². The van der Waals surface area contributed by atoms with Crippen molar-refractivity contribution in [2.75, 3.05) is 50.8 Å². The Morgan fingerprint density at radius 2 is 1.96 bits per heavy atom. The zero-order valence-corrected chi connectivity index (χ0v) is 15.5. The molecular weight excluding hydrogens is 356 g/mol. The van der Waals surface area contributed by atoms with E-state index in [1.807, 2.05) is 4.90 Å². The van der Waals surface area contributed by atoms with Crippen LogP contribution in [0.2, 0.25) is 0 Å². The summed E-state index contributed by atoms with van der Waals surface area (Å²) >= 11 is 0. The molecule has 1 aromatic rings. The maximum Gasteiger partial charge on any atom is 0.299 e. The first-order chi connectivity index (χ1) is 12.9. The molecule has 1 aromatic carbocycles. The van der Waals surface area contributed by atoms with Crippen LogP contribution in [0.15, 0.2) is 18.2 Å². The van der Waals surface area contributed by atoms with Gasteiger partial charge in [-0.1, -0.05) is 13.3 Å². The molecule has 1 atom stereocenters. The summed E-state index contributed by atoms with van der Waals surface area (Å²) in [5, 5.41) is 32.2. The maximum absolute atomic E-state index is 11.3. The van der Waals surface area contributed by atoms with Gasteiger partial charge in [0.2, 0.25) is 0 Å². The smallest absolute Gasteiger partial charge is 0.299 e. The predicted molar refractivity (Wildman–Crippen MR) is 99.3 cm³/mol. The fourth-order valence-corrected chi connectivity index (χ4v) is 3.16. The molecule has 1 aliphatic rings. The quantitative estimate of drug-likeness (QED) is 0.340. The molecule has 0 amide bonds. The van der Waals surface area contributed by atoms with E-state index in [4.69, 9.17) is 4.74 Å². The summed E-state index contributed by atoms with van der Waals surface area (Å²) in [7, 11) is 0. The van der Waals surface area contributed by atoms with Gasteiger partial charge in [0, 0.05) is 12.7 Å². The monoisotopic (exact) mass is 383 g/mol. The van der Waals surface area contributed by atoms with Gasteiger partial charge in [0.15, 0.2) is 0 Å². The van der Waals surface area contributed by atoms with Crippen LogP contribution in [0.3, 0.4) is 0 Å². The first kappa shape index (κ1) is 21.0. The SMILES string of the molecule is CCCCOCC(O)C[NH+]1CCN(c2ccc([N+](=O)[O-])cc2[N+](=O)[O-])CC1. The standard InChI is InChI=1S/C17H26N4O6/c1-2-3-10-27-13-15(22)12-18-6-8-19(9-7-18)16-5-4-14(20(23)24)11-17(16)21(25)26/h4-5,11,15,22H,2-3,6-10,12-13H2,1H3/p+1. The van der Waals surface area contributed by atoms with Gasteiger partial charge in [0.1, 0.15) is 18.3 Å². The summed E-state index contributed by atoms with van der Waals surface area (Å²) in [6, 6.07) is 3.74. The van der Waals surface area contributed by atoms with Crippen LogP contribution < -0.4 is 9.80 Å². The van der Waals surface area contributed by atoms with Crippen LogP contribution in [0.4, 0.5) is 17.1 Å². The number of hydrogen-bond donors (Lipinski definition) is 2. The molecule has 1 heterocycles. The Morgan fingerprint density at radius 1 is 1.26 bits per heavy atom. The third kappa shape index (κ3) is 6.12. The molecule has 0 saturated carbocycles. The molecule has 0 bridgehead atoms. The fraction of sp³-hybridized carbons (Fsp3) is 0.647. The lowest BCUT2D eigenvalue weighted by atomic mass is 10.2. The molecule has 1 aliphatic heterocycles. The Kier molecular flexibility index (Phi) is 7.89. The molecule has 1 unspecified atom stereocenters. The number of aliphatic hydroxyl groups excluding tert-OH is 1. The van der Waals surface area contributed by atoms with Crippen LogP contribution in [0.1, 0.15) is 19.8 Å². The van der Waals surface area contributed by atoms with Crippen LogP contribution in [0.5, 0.6) is 0 Å². The van der Waals surface area contributed by atoms with E-state index in [0.717, 1.165) is 32.0 Å². The molecule has 1 fully saturated rings. The number of ether oxygens (including phenoxy) is 1. The largest absolute Gasteiger partial charge is 0.385 e. The predicted octanol–water partition coefficient (Wildman–Crippen LogP) is 0.386. The van der Waals surface area contributed by atoms with E-state index < -0.39 is 16.0 Å². The maximum atomic E-state index is 11.3. The first-order valence-electron chi connectivity index (χ1n) is 9.19. The third-order valence-electron chi connectivity index (χ3n) is 4.65. The number of benzene rings is 1. The van der Waals surface area contributed by atoms with Crippen LogP contribution in [-0.2, 0) is 4.74 Å². The zero-order chi connectivity index (χ0) is 19.8. The van der Waals surface area contributed by atoms with Gasteiger partial charge in [0.05, 0.1) is 48.7 Å². The zero-order valence-electron chi connectivity index (χ0n) is 15.5. The molecule has 1 saturated heterocycles. The number of quaternary nitrogens is 1. The molecule has 10 nitrogen and oxygen atoms in total. The minimum Gasteiger partial charge on any atom is -0.385 e. The number of nitrogens with one attached hydrogen (secondary N) is 1. The molecule has 0 aromatic heterocycles. The number of rotatable bonds is 10. The highest BCUT2D eigenvalue weighted by atomic mass is 16.6. The molecule has 2 N–H and O–H groups in total. The number of hydrogen-bond acceptors (Lipinski definition) is 7. The fourth-order valence-electron chi connectivity index (χ4n) is 3.16. The first-order valence-corrected chi connectivity index (χ1v) is 9.19. The van der Waals surface area contributed by atoms with E-state index >= 15 is 0 Å². The van der Waals surface area contributed by atoms with Crippen LogP contribution in [0.25, 0.3) is 0 Å². The van der Waals surface area contributed by atoms with Gasteiger partial charge in [0.25, 0.3) is 11.4 Å². The molecule has 27 heavy (non-hydrogen) atoms. The van der Waals surface area contributed by atoms with Gasteiger partial charge in [-0.05, 0) is 12.5 Å². The third-order valence-corrected chi connectivity index (χ3v) is 4.65. The molecule has 2 rings (SSSR count). The van der Waals surface area contributed by atoms with Crippen molar-refractivity contribution in [3.05, 3.63) is 38.4 Å². The average molecular weight is 383 g/mol. The van der Waals surface area contributed by atoms with Gasteiger partial charge >= 0.3 is 0 Å². The summed E-state index contributed by atoms with van der Waals surface area (Å²) in [6.07, 6.45) is 1.50. The minimum atomic E-state index is -0.636. The Hall–Kier alpha value is -2.30. The van der Waals surface area contributed by atoms with Crippen molar-refractivity contribution in [1.82, 2.24) is 0 Å². The molecule has 0 aliphatic carbocycles. The van der Waals surface area contributed by atoms with Crippen LogP contribution in [-0.4, -0.2) is 67.0 Å². The summed E-state index contributed by atoms with van der Waals surface area (Å²) in [4.78, 5) is 24.0. The molecule has 10 heteroatoms. The average Bonchev–Trinajstić information content (AvgIpc) is 2.65. The molecular formula is C17H27N4O6+. The number of unbranched alkanes of at least 4 members (excludes halogenated alkanes) is 1. The van der Waals surface area contributed by atoms with E-state index in [1.165, 1.54) is 17.0 Å². The second kappa shape index (κ2) is 10.1. The number of nitro benzene ring substituents is 2. The van der Waals surface area contributed by atoms with Gasteiger partial charge in [-0.2, -0.15) is 0 Å². The molecule has 0 spiro atoms. The summed E-state index contributed by atoms with van der Waals surface area (Å²) in [6.45, 7) is 6.23. The Morgan fingerprint density at radius 3 is 2.56 bits per heavy atom. The number of anilines is 1. The Bertz CT molecular complexity index is 648. The molecule has 0 radical (unpaired) electrons. The highest BCUT2D eigenvalue weighted by Gasteiger charge is 2.28. The van der Waals surface area contributed by atoms with Crippen molar-refractivity contribution in [3.8, 4) is 0 Å². The molecule has 150 valence electrons. The summed E-state index contributed by atoms with van der Waals surface area (Å²) < 4.78 is 5.44. The lowest BCUT2D eigenvalue weighted by Crippen LogP contribution is -3.16. The summed E-state index contributed by atoms with van der Waals surface area (Å²) in [5.74, 6) is 0. The van der Waals surface area contributed by atoms with Crippen molar-refractivity contribution in [3.63, 3.8) is 0 Å². The number of nitro groups is 2. The number of piperazine rings is 1. The number of aliphatic hydroxyl groups is 1. The van der Waals surface area contributed by atoms with E-state index in [2.05, 4.69) is 6.92 Å². The summed E-state index contributed by atoms with van der Waals surface area (Å²) in [5.41, 5.74) is -0.147. The lowest BCUT2D eigenvalue weighted by molar-refractivity contribution is -0.903. The van der Waals surface area contributed by atoms with Crippen molar-refractivity contribution in [1.29, 1.82) is 0 Å². The van der Waals surface area contributed by atoms with Crippen molar-refractivity contribution in [2.45, 2.75) is 25.9 Å². The Balaban J connectivity index is 1.90. The topological polar surface area (TPSA) is 123 Å². The van der Waals surface area contributed by atoms with Crippen molar-refractivity contribution >= 4 is 17.1 Å². The van der Waals surface area contributed by atoms with Gasteiger partial charge < -0.3 is 19.6 Å². The minimum absolute atomic E-state index is 0.253. The van der Waals surface area contributed by atoms with Crippen molar-refractivity contribution < 1.29 is 24.6 Å². The highest BCUT2D eigenvalue weighted by Crippen LogP contribution is 2.31. The lowest BCUT2D eigenvalue weighted by Gasteiger charge is -2.34.